The van der Waals surface area contributed by atoms with E-state index in [9.17, 15) is 10.1 Å². The predicted octanol–water partition coefficient (Wildman–Crippen LogP) is 5.61. The van der Waals surface area contributed by atoms with E-state index in [-0.39, 0.29) is 0 Å². The van der Waals surface area contributed by atoms with Crippen molar-refractivity contribution in [1.82, 2.24) is 9.97 Å². The van der Waals surface area contributed by atoms with Crippen molar-refractivity contribution >= 4 is 28.6 Å². The number of rotatable bonds is 5. The van der Waals surface area contributed by atoms with Crippen LogP contribution in [0.4, 0.5) is 0 Å². The van der Waals surface area contributed by atoms with E-state index in [0.29, 0.717) is 29.1 Å². The van der Waals surface area contributed by atoms with Crippen LogP contribution in [0, 0.1) is 11.3 Å². The number of carbonyl (C=O) groups excluding carboxylic acids is 1. The quantitative estimate of drug-likeness (QED) is 0.339. The molecule has 0 radical (unpaired) electrons. The first kappa shape index (κ1) is 19.7. The lowest BCUT2D eigenvalue weighted by molar-refractivity contribution is 0.0528. The van der Waals surface area contributed by atoms with E-state index in [1.165, 1.54) is 0 Å². The summed E-state index contributed by atoms with van der Waals surface area (Å²) in [6.45, 7) is 2.06. The monoisotopic (exact) mass is 415 g/mol. The molecule has 0 amide bonds. The minimum Gasteiger partial charge on any atom is -0.462 e. The normalized spacial score (nSPS) is 11.8. The molecule has 0 aliphatic carbocycles. The third-order valence-electron chi connectivity index (χ3n) is 4.83. The van der Waals surface area contributed by atoms with Crippen LogP contribution in [0.3, 0.4) is 0 Å². The van der Waals surface area contributed by atoms with Crippen molar-refractivity contribution < 1.29 is 9.53 Å². The highest BCUT2D eigenvalue weighted by atomic mass is 35.5. The van der Waals surface area contributed by atoms with E-state index >= 15 is 0 Å². The maximum Gasteiger partial charge on any atom is 0.340 e. The largest absolute Gasteiger partial charge is 0.462 e. The molecule has 148 valence electrons. The number of esters is 1. The molecule has 1 atom stereocenters. The Morgan fingerprint density at radius 1 is 1.13 bits per heavy atom. The smallest absolute Gasteiger partial charge is 0.340 e. The number of ether oxygens (including phenoxy) is 1. The Hall–Kier alpha value is -3.62. The fourth-order valence-electron chi connectivity index (χ4n) is 3.37. The Morgan fingerprint density at radius 2 is 1.90 bits per heavy atom. The first-order valence-electron chi connectivity index (χ1n) is 9.51. The zero-order chi connectivity index (χ0) is 21.1. The van der Waals surface area contributed by atoms with Crippen LogP contribution in [0.25, 0.3) is 22.2 Å². The van der Waals surface area contributed by atoms with E-state index in [4.69, 9.17) is 16.3 Å². The van der Waals surface area contributed by atoms with Crippen LogP contribution >= 0.6 is 11.6 Å². The molecule has 4 rings (SSSR count). The number of nitriles is 1. The Kier molecular flexibility index (Phi) is 5.51. The minimum atomic E-state index is -0.521. The number of imidazole rings is 1. The van der Waals surface area contributed by atoms with Crippen molar-refractivity contribution in [2.75, 3.05) is 6.61 Å². The predicted molar refractivity (Wildman–Crippen MR) is 116 cm³/mol. The van der Waals surface area contributed by atoms with Gasteiger partial charge in [0.05, 0.1) is 29.3 Å². The van der Waals surface area contributed by atoms with Gasteiger partial charge in [-0.1, -0.05) is 48.5 Å². The maximum absolute atomic E-state index is 12.2. The van der Waals surface area contributed by atoms with Crippen molar-refractivity contribution in [1.29, 1.82) is 5.26 Å². The summed E-state index contributed by atoms with van der Waals surface area (Å²) >= 11 is 6.69. The molecular weight excluding hydrogens is 398 g/mol. The molecule has 6 heteroatoms. The second kappa shape index (κ2) is 8.40. The van der Waals surface area contributed by atoms with E-state index < -0.39 is 11.3 Å². The van der Waals surface area contributed by atoms with Crippen molar-refractivity contribution in [3.63, 3.8) is 0 Å². The number of carbonyl (C=O) groups is 1. The molecule has 4 aromatic rings. The molecule has 1 N–H and O–H groups in total. The minimum absolute atomic E-state index is 0.298. The molecule has 0 aliphatic rings. The molecule has 0 aliphatic heterocycles. The second-order valence-corrected chi connectivity index (χ2v) is 7.12. The Balaban J connectivity index is 1.66. The fraction of sp³-hybridized carbons (Fsp3) is 0.125. The number of aromatic nitrogens is 2. The SMILES string of the molecule is CCOC(=O)c1cccc2[nH]c(C(Cl)c3ccc(-c4ccccc4C#N)cc3)nc12. The number of para-hydroxylation sites is 1. The maximum atomic E-state index is 12.2. The highest BCUT2D eigenvalue weighted by Gasteiger charge is 2.19. The van der Waals surface area contributed by atoms with Gasteiger partial charge in [0, 0.05) is 0 Å². The van der Waals surface area contributed by atoms with Gasteiger partial charge in [-0.3, -0.25) is 0 Å². The molecule has 3 aromatic carbocycles. The number of halogens is 1. The van der Waals surface area contributed by atoms with Gasteiger partial charge in [-0.2, -0.15) is 5.26 Å². The number of aromatic amines is 1. The summed E-state index contributed by atoms with van der Waals surface area (Å²) in [6.07, 6.45) is 0. The van der Waals surface area contributed by atoms with Crippen molar-refractivity contribution in [3.8, 4) is 17.2 Å². The average molecular weight is 416 g/mol. The fourth-order valence-corrected chi connectivity index (χ4v) is 3.62. The summed E-state index contributed by atoms with van der Waals surface area (Å²) < 4.78 is 5.12. The number of hydrogen-bond donors (Lipinski definition) is 1. The molecule has 0 saturated heterocycles. The van der Waals surface area contributed by atoms with E-state index in [0.717, 1.165) is 22.2 Å². The number of H-pyrrole nitrogens is 1. The number of nitrogens with zero attached hydrogens (tertiary/aromatic N) is 2. The summed E-state index contributed by atoms with van der Waals surface area (Å²) in [5.74, 6) is 0.140. The summed E-state index contributed by atoms with van der Waals surface area (Å²) in [5, 5.41) is 8.80. The summed E-state index contributed by atoms with van der Waals surface area (Å²) in [5.41, 5.74) is 4.96. The molecule has 0 bridgehead atoms. The van der Waals surface area contributed by atoms with Gasteiger partial charge in [-0.15, -0.1) is 11.6 Å². The van der Waals surface area contributed by atoms with Crippen LogP contribution in [0.2, 0.25) is 0 Å². The van der Waals surface area contributed by atoms with Crippen LogP contribution in [0.1, 0.15) is 39.6 Å². The van der Waals surface area contributed by atoms with Gasteiger partial charge in [0.15, 0.2) is 0 Å². The molecule has 0 spiro atoms. The number of nitrogens with one attached hydrogen (secondary N) is 1. The highest BCUT2D eigenvalue weighted by molar-refractivity contribution is 6.22. The molecule has 0 fully saturated rings. The molecule has 1 heterocycles. The summed E-state index contributed by atoms with van der Waals surface area (Å²) in [4.78, 5) is 20.0. The third kappa shape index (κ3) is 3.66. The van der Waals surface area contributed by atoms with Gasteiger partial charge in [-0.25, -0.2) is 9.78 Å². The zero-order valence-corrected chi connectivity index (χ0v) is 17.0. The van der Waals surface area contributed by atoms with E-state index in [1.54, 1.807) is 25.1 Å². The molecule has 30 heavy (non-hydrogen) atoms. The van der Waals surface area contributed by atoms with E-state index in [1.807, 2.05) is 48.5 Å². The van der Waals surface area contributed by atoms with Gasteiger partial charge in [0.1, 0.15) is 16.7 Å². The lowest BCUT2D eigenvalue weighted by atomic mass is 9.98. The Bertz CT molecular complexity index is 1260. The van der Waals surface area contributed by atoms with Gasteiger partial charge < -0.3 is 9.72 Å². The standard InChI is InChI=1S/C24H18ClN3O2/c1-2-30-24(29)19-8-5-9-20-22(19)28-23(27-20)21(25)16-12-10-15(11-13-16)18-7-4-3-6-17(18)14-26/h3-13,21H,2H2,1H3,(H,27,28). The first-order valence-corrected chi connectivity index (χ1v) is 9.95. The number of fused-ring (bicyclic) bond motifs is 1. The van der Waals surface area contributed by atoms with Gasteiger partial charge in [-0.05, 0) is 41.8 Å². The lowest BCUT2D eigenvalue weighted by Gasteiger charge is -2.09. The molecule has 5 nitrogen and oxygen atoms in total. The number of hydrogen-bond acceptors (Lipinski definition) is 4. The summed E-state index contributed by atoms with van der Waals surface area (Å²) in [7, 11) is 0. The van der Waals surface area contributed by atoms with Crippen molar-refractivity contribution in [2.24, 2.45) is 0 Å². The lowest BCUT2D eigenvalue weighted by Crippen LogP contribution is -2.05. The Labute approximate surface area is 178 Å². The highest BCUT2D eigenvalue weighted by Crippen LogP contribution is 2.31. The number of alkyl halides is 1. The van der Waals surface area contributed by atoms with Crippen molar-refractivity contribution in [2.45, 2.75) is 12.3 Å². The van der Waals surface area contributed by atoms with Gasteiger partial charge in [0.25, 0.3) is 0 Å². The third-order valence-corrected chi connectivity index (χ3v) is 5.29. The van der Waals surface area contributed by atoms with Gasteiger partial charge >= 0.3 is 5.97 Å². The van der Waals surface area contributed by atoms with Crippen LogP contribution < -0.4 is 0 Å². The molecular formula is C24H18ClN3O2. The number of benzene rings is 3. The van der Waals surface area contributed by atoms with Gasteiger partial charge in [0.2, 0.25) is 0 Å². The second-order valence-electron chi connectivity index (χ2n) is 6.69. The molecule has 1 aromatic heterocycles. The average Bonchev–Trinajstić information content (AvgIpc) is 3.23. The van der Waals surface area contributed by atoms with Crippen molar-refractivity contribution in [3.05, 3.63) is 89.2 Å². The van der Waals surface area contributed by atoms with E-state index in [2.05, 4.69) is 16.0 Å². The van der Waals surface area contributed by atoms with Crippen LogP contribution in [0.5, 0.6) is 0 Å². The topological polar surface area (TPSA) is 78.8 Å². The molecule has 0 saturated carbocycles. The molecule has 1 unspecified atom stereocenters. The first-order chi connectivity index (χ1) is 14.6. The van der Waals surface area contributed by atoms with Crippen LogP contribution in [-0.4, -0.2) is 22.5 Å². The van der Waals surface area contributed by atoms with Crippen LogP contribution in [0.15, 0.2) is 66.7 Å². The van der Waals surface area contributed by atoms with Crippen LogP contribution in [-0.2, 0) is 4.74 Å². The zero-order valence-electron chi connectivity index (χ0n) is 16.2. The summed E-state index contributed by atoms with van der Waals surface area (Å²) in [6, 6.07) is 22.7. The Morgan fingerprint density at radius 3 is 2.63 bits per heavy atom.